The first-order valence-electron chi connectivity index (χ1n) is 8.11. The summed E-state index contributed by atoms with van der Waals surface area (Å²) >= 11 is 0. The summed E-state index contributed by atoms with van der Waals surface area (Å²) in [5.74, 6) is 2.07. The van der Waals surface area contributed by atoms with Crippen molar-refractivity contribution >= 4 is 5.91 Å². The summed E-state index contributed by atoms with van der Waals surface area (Å²) in [4.78, 5) is 18.4. The Morgan fingerprint density at radius 1 is 1.38 bits per heavy atom. The van der Waals surface area contributed by atoms with E-state index in [9.17, 15) is 4.79 Å². The molecule has 6 heteroatoms. The second kappa shape index (κ2) is 7.29. The fourth-order valence-corrected chi connectivity index (χ4v) is 2.89. The summed E-state index contributed by atoms with van der Waals surface area (Å²) in [6.07, 6.45) is 5.25. The molecule has 0 spiro atoms. The molecule has 1 aliphatic rings. The van der Waals surface area contributed by atoms with E-state index in [0.29, 0.717) is 18.3 Å². The first-order chi connectivity index (χ1) is 11.7. The minimum Gasteiger partial charge on any atom is -0.497 e. The van der Waals surface area contributed by atoms with Crippen molar-refractivity contribution in [1.82, 2.24) is 15.0 Å². The maximum Gasteiger partial charge on any atom is 0.246 e. The molecule has 0 unspecified atom stereocenters. The monoisotopic (exact) mass is 327 g/mol. The Hall–Kier alpha value is -2.63. The van der Waals surface area contributed by atoms with Crippen molar-refractivity contribution < 1.29 is 14.1 Å². The maximum absolute atomic E-state index is 12.0. The van der Waals surface area contributed by atoms with E-state index in [1.54, 1.807) is 19.3 Å². The van der Waals surface area contributed by atoms with Gasteiger partial charge in [0.25, 0.3) is 0 Å². The van der Waals surface area contributed by atoms with E-state index in [-0.39, 0.29) is 11.8 Å². The zero-order valence-corrected chi connectivity index (χ0v) is 13.9. The number of carbonyl (C=O) groups excluding carboxylic acids is 1. The highest BCUT2D eigenvalue weighted by Crippen LogP contribution is 2.28. The van der Waals surface area contributed by atoms with Crippen molar-refractivity contribution in [2.75, 3.05) is 20.2 Å². The van der Waals surface area contributed by atoms with E-state index in [2.05, 4.69) is 10.1 Å². The molecule has 1 aliphatic heterocycles. The number of hydrogen-bond donors (Lipinski definition) is 0. The fraction of sp³-hybridized carbons (Fsp3) is 0.389. The summed E-state index contributed by atoms with van der Waals surface area (Å²) in [5.41, 5.74) is 0.878. The molecule has 6 nitrogen and oxygen atoms in total. The number of nitrogens with zero attached hydrogens (tertiary/aromatic N) is 3. The largest absolute Gasteiger partial charge is 0.497 e. The summed E-state index contributed by atoms with van der Waals surface area (Å²) < 4.78 is 10.6. The predicted octanol–water partition coefficient (Wildman–Crippen LogP) is 3.03. The normalized spacial score (nSPS) is 18.1. The predicted molar refractivity (Wildman–Crippen MR) is 89.7 cm³/mol. The first-order valence-corrected chi connectivity index (χ1v) is 8.11. The van der Waals surface area contributed by atoms with Crippen molar-refractivity contribution in [1.29, 1.82) is 0 Å². The number of hydrogen-bond acceptors (Lipinski definition) is 5. The van der Waals surface area contributed by atoms with Gasteiger partial charge in [0, 0.05) is 18.7 Å². The lowest BCUT2D eigenvalue weighted by atomic mass is 9.98. The van der Waals surface area contributed by atoms with E-state index < -0.39 is 0 Å². The number of allylic oxidation sites excluding steroid dienone is 1. The van der Waals surface area contributed by atoms with Gasteiger partial charge in [-0.3, -0.25) is 4.79 Å². The number of carbonyl (C=O) groups is 1. The zero-order chi connectivity index (χ0) is 16.9. The molecule has 3 rings (SSSR count). The van der Waals surface area contributed by atoms with Crippen molar-refractivity contribution in [2.45, 2.75) is 25.7 Å². The highest BCUT2D eigenvalue weighted by Gasteiger charge is 2.27. The van der Waals surface area contributed by atoms with Gasteiger partial charge in [-0.15, -0.1) is 0 Å². The minimum atomic E-state index is 0.0390. The quantitative estimate of drug-likeness (QED) is 0.807. The zero-order valence-electron chi connectivity index (χ0n) is 13.9. The summed E-state index contributed by atoms with van der Waals surface area (Å²) in [5, 5.41) is 4.08. The highest BCUT2D eigenvalue weighted by molar-refractivity contribution is 5.87. The number of methoxy groups -OCH3 is 1. The molecule has 1 saturated heterocycles. The van der Waals surface area contributed by atoms with E-state index in [0.717, 1.165) is 30.7 Å². The van der Waals surface area contributed by atoms with Crippen LogP contribution in [0.5, 0.6) is 5.75 Å². The Bertz CT molecular complexity index is 721. The number of likely N-dealkylation sites (tertiary alicyclic amines) is 1. The molecule has 24 heavy (non-hydrogen) atoms. The molecule has 1 atom stereocenters. The van der Waals surface area contributed by atoms with Gasteiger partial charge in [-0.1, -0.05) is 11.2 Å². The summed E-state index contributed by atoms with van der Waals surface area (Å²) in [6, 6.07) is 7.53. The van der Waals surface area contributed by atoms with E-state index >= 15 is 0 Å². The number of aromatic nitrogens is 2. The van der Waals surface area contributed by atoms with Crippen LogP contribution in [0.15, 0.2) is 40.9 Å². The Labute approximate surface area is 141 Å². The van der Waals surface area contributed by atoms with Crippen LogP contribution in [0.1, 0.15) is 31.6 Å². The van der Waals surface area contributed by atoms with Gasteiger partial charge in [0.05, 0.1) is 13.0 Å². The average molecular weight is 327 g/mol. The second-order valence-corrected chi connectivity index (χ2v) is 5.81. The van der Waals surface area contributed by atoms with Crippen LogP contribution in [0.4, 0.5) is 0 Å². The number of benzene rings is 1. The standard InChI is InChI=1S/C18H21N3O3/c1-3-5-16(22)21-11-4-6-14(12-21)18-19-17(20-24-18)13-7-9-15(23-2)10-8-13/h3,5,7-10,14H,4,6,11-12H2,1-2H3/b5-3+/t14-/m0/s1. The minimum absolute atomic E-state index is 0.0390. The molecular formula is C18H21N3O3. The molecule has 0 N–H and O–H groups in total. The number of piperidine rings is 1. The maximum atomic E-state index is 12.0. The third kappa shape index (κ3) is 3.48. The molecule has 2 aromatic rings. The number of ether oxygens (including phenoxy) is 1. The van der Waals surface area contributed by atoms with Crippen LogP contribution in [-0.4, -0.2) is 41.1 Å². The van der Waals surface area contributed by atoms with Crippen molar-refractivity contribution in [2.24, 2.45) is 0 Å². The average Bonchev–Trinajstić information content (AvgIpc) is 3.12. The topological polar surface area (TPSA) is 68.5 Å². The molecule has 2 heterocycles. The number of amides is 1. The van der Waals surface area contributed by atoms with Crippen LogP contribution in [0, 0.1) is 0 Å². The smallest absolute Gasteiger partial charge is 0.246 e. The fourth-order valence-electron chi connectivity index (χ4n) is 2.89. The molecule has 1 amide bonds. The Kier molecular flexibility index (Phi) is 4.93. The van der Waals surface area contributed by atoms with Crippen molar-refractivity contribution in [3.8, 4) is 17.1 Å². The van der Waals surface area contributed by atoms with E-state index in [1.807, 2.05) is 36.1 Å². The van der Waals surface area contributed by atoms with Crippen LogP contribution in [0.3, 0.4) is 0 Å². The third-order valence-corrected chi connectivity index (χ3v) is 4.18. The van der Waals surface area contributed by atoms with E-state index in [1.165, 1.54) is 0 Å². The molecule has 126 valence electrons. The number of rotatable bonds is 4. The Morgan fingerprint density at radius 2 is 2.17 bits per heavy atom. The molecule has 1 aromatic heterocycles. The van der Waals surface area contributed by atoms with Gasteiger partial charge in [-0.05, 0) is 50.1 Å². The lowest BCUT2D eigenvalue weighted by molar-refractivity contribution is -0.127. The molecule has 0 radical (unpaired) electrons. The second-order valence-electron chi connectivity index (χ2n) is 5.81. The molecule has 0 saturated carbocycles. The Morgan fingerprint density at radius 3 is 2.88 bits per heavy atom. The molecule has 1 aromatic carbocycles. The third-order valence-electron chi connectivity index (χ3n) is 4.18. The molecular weight excluding hydrogens is 306 g/mol. The lowest BCUT2D eigenvalue weighted by Crippen LogP contribution is -2.38. The first kappa shape index (κ1) is 16.2. The van der Waals surface area contributed by atoms with Gasteiger partial charge in [0.15, 0.2) is 0 Å². The SMILES string of the molecule is C/C=C/C(=O)N1CCC[C@H](c2nc(-c3ccc(OC)cc3)no2)C1. The summed E-state index contributed by atoms with van der Waals surface area (Å²) in [6.45, 7) is 3.24. The summed E-state index contributed by atoms with van der Waals surface area (Å²) in [7, 11) is 1.63. The lowest BCUT2D eigenvalue weighted by Gasteiger charge is -2.30. The van der Waals surface area contributed by atoms with Crippen LogP contribution < -0.4 is 4.74 Å². The molecule has 0 bridgehead atoms. The highest BCUT2D eigenvalue weighted by atomic mass is 16.5. The van der Waals surface area contributed by atoms with Crippen LogP contribution in [0.2, 0.25) is 0 Å². The van der Waals surface area contributed by atoms with Gasteiger partial charge in [-0.2, -0.15) is 4.98 Å². The van der Waals surface area contributed by atoms with Crippen molar-refractivity contribution in [3.05, 3.63) is 42.3 Å². The van der Waals surface area contributed by atoms with Crippen LogP contribution in [0.25, 0.3) is 11.4 Å². The van der Waals surface area contributed by atoms with Gasteiger partial charge in [-0.25, -0.2) is 0 Å². The molecule has 0 aliphatic carbocycles. The van der Waals surface area contributed by atoms with Crippen LogP contribution in [-0.2, 0) is 4.79 Å². The van der Waals surface area contributed by atoms with Gasteiger partial charge in [0.2, 0.25) is 17.6 Å². The Balaban J connectivity index is 1.73. The van der Waals surface area contributed by atoms with Crippen molar-refractivity contribution in [3.63, 3.8) is 0 Å². The van der Waals surface area contributed by atoms with Crippen LogP contribution >= 0.6 is 0 Å². The molecule has 1 fully saturated rings. The van der Waals surface area contributed by atoms with Gasteiger partial charge >= 0.3 is 0 Å². The van der Waals surface area contributed by atoms with Gasteiger partial charge in [0.1, 0.15) is 5.75 Å². The van der Waals surface area contributed by atoms with E-state index in [4.69, 9.17) is 9.26 Å². The van der Waals surface area contributed by atoms with Gasteiger partial charge < -0.3 is 14.2 Å².